The molecule has 0 fully saturated rings. The predicted molar refractivity (Wildman–Crippen MR) is 122 cm³/mol. The molecule has 0 heterocycles. The lowest BCUT2D eigenvalue weighted by molar-refractivity contribution is -0.138. The van der Waals surface area contributed by atoms with Crippen LogP contribution in [-0.4, -0.2) is 34.6 Å². The number of halogens is 2. The normalized spacial score (nSPS) is 11.9. The van der Waals surface area contributed by atoms with Crippen LogP contribution in [-0.2, 0) is 21.9 Å². The zero-order chi connectivity index (χ0) is 21.4. The fourth-order valence-electron chi connectivity index (χ4n) is 2.79. The van der Waals surface area contributed by atoms with Crippen molar-refractivity contribution in [1.29, 1.82) is 0 Å². The predicted octanol–water partition coefficient (Wildman–Crippen LogP) is 5.17. The minimum atomic E-state index is -0.587. The summed E-state index contributed by atoms with van der Waals surface area (Å²) in [5, 5.41) is 4.16. The smallest absolute Gasteiger partial charge is 0.242 e. The molecule has 0 radical (unpaired) electrons. The Bertz CT molecular complexity index is 845. The number of carbonyl (C=O) groups excluding carboxylic acids is 2. The van der Waals surface area contributed by atoms with E-state index in [4.69, 9.17) is 23.2 Å². The van der Waals surface area contributed by atoms with Crippen LogP contribution in [0.3, 0.4) is 0 Å². The van der Waals surface area contributed by atoms with Gasteiger partial charge in [0, 0.05) is 28.4 Å². The van der Waals surface area contributed by atoms with Crippen LogP contribution in [0.15, 0.2) is 48.5 Å². The Labute approximate surface area is 187 Å². The summed E-state index contributed by atoms with van der Waals surface area (Å²) in [6, 6.07) is 14.3. The van der Waals surface area contributed by atoms with Crippen molar-refractivity contribution in [3.05, 3.63) is 69.7 Å². The van der Waals surface area contributed by atoms with Crippen molar-refractivity contribution in [3.8, 4) is 0 Å². The van der Waals surface area contributed by atoms with E-state index in [0.717, 1.165) is 11.1 Å². The van der Waals surface area contributed by atoms with Gasteiger partial charge in [0.1, 0.15) is 6.04 Å². The fraction of sp³-hybridized carbons (Fsp3) is 0.364. The first-order chi connectivity index (χ1) is 13.8. The second-order valence-electron chi connectivity index (χ2n) is 7.11. The summed E-state index contributed by atoms with van der Waals surface area (Å²) < 4.78 is 0. The lowest BCUT2D eigenvalue weighted by Crippen LogP contribution is -2.49. The molecule has 1 unspecified atom stereocenters. The molecule has 29 heavy (non-hydrogen) atoms. The van der Waals surface area contributed by atoms with Crippen LogP contribution < -0.4 is 5.32 Å². The topological polar surface area (TPSA) is 49.4 Å². The first kappa shape index (κ1) is 23.6. The maximum atomic E-state index is 13.0. The van der Waals surface area contributed by atoms with Gasteiger partial charge in [0.05, 0.1) is 5.75 Å². The van der Waals surface area contributed by atoms with E-state index in [1.807, 2.05) is 56.3 Å². The number of amides is 2. The number of nitrogens with one attached hydrogen (secondary N) is 1. The minimum absolute atomic E-state index is 0.00489. The Morgan fingerprint density at radius 1 is 1.00 bits per heavy atom. The molecule has 2 aromatic carbocycles. The van der Waals surface area contributed by atoms with Crippen molar-refractivity contribution in [2.45, 2.75) is 45.2 Å². The second kappa shape index (κ2) is 11.5. The Hall–Kier alpha value is -1.69. The second-order valence-corrected chi connectivity index (χ2v) is 8.97. The highest BCUT2D eigenvalue weighted by molar-refractivity contribution is 7.99. The highest BCUT2D eigenvalue weighted by Crippen LogP contribution is 2.19. The summed E-state index contributed by atoms with van der Waals surface area (Å²) in [6.07, 6.45) is 0. The Kier molecular flexibility index (Phi) is 9.34. The van der Waals surface area contributed by atoms with Gasteiger partial charge in [0.2, 0.25) is 11.8 Å². The third-order valence-corrected chi connectivity index (χ3v) is 5.68. The number of benzene rings is 2. The summed E-state index contributed by atoms with van der Waals surface area (Å²) in [4.78, 5) is 27.1. The maximum Gasteiger partial charge on any atom is 0.242 e. The molecule has 2 amide bonds. The van der Waals surface area contributed by atoms with Gasteiger partial charge in [-0.25, -0.2) is 0 Å². The number of hydrogen-bond donors (Lipinski definition) is 1. The van der Waals surface area contributed by atoms with Crippen LogP contribution in [0.1, 0.15) is 31.9 Å². The molecule has 1 N–H and O–H groups in total. The Morgan fingerprint density at radius 2 is 1.59 bits per heavy atom. The van der Waals surface area contributed by atoms with Gasteiger partial charge in [0.15, 0.2) is 0 Å². The van der Waals surface area contributed by atoms with Crippen molar-refractivity contribution in [1.82, 2.24) is 10.2 Å². The molecule has 0 aliphatic heterocycles. The van der Waals surface area contributed by atoms with Crippen LogP contribution in [0.4, 0.5) is 0 Å². The standard InChI is InChI=1S/C22H26Cl2N2O2S/c1-15(2)25-22(28)16(3)26(12-17-6-4-8-19(23)10-17)21(27)14-29-13-18-7-5-9-20(24)11-18/h4-11,15-16H,12-14H2,1-3H3,(H,25,28). The zero-order valence-electron chi connectivity index (χ0n) is 16.8. The quantitative estimate of drug-likeness (QED) is 0.570. The van der Waals surface area contributed by atoms with E-state index in [-0.39, 0.29) is 23.6 Å². The van der Waals surface area contributed by atoms with Crippen LogP contribution in [0, 0.1) is 0 Å². The van der Waals surface area contributed by atoms with E-state index in [1.54, 1.807) is 17.9 Å². The third-order valence-electron chi connectivity index (χ3n) is 4.22. The lowest BCUT2D eigenvalue weighted by atomic mass is 10.1. The average Bonchev–Trinajstić information content (AvgIpc) is 2.65. The largest absolute Gasteiger partial charge is 0.352 e. The molecule has 0 aliphatic carbocycles. The van der Waals surface area contributed by atoms with E-state index in [2.05, 4.69) is 5.32 Å². The zero-order valence-corrected chi connectivity index (χ0v) is 19.2. The molecule has 2 aromatic rings. The molecule has 4 nitrogen and oxygen atoms in total. The monoisotopic (exact) mass is 452 g/mol. The Balaban J connectivity index is 2.07. The van der Waals surface area contributed by atoms with Crippen LogP contribution in [0.5, 0.6) is 0 Å². The SMILES string of the molecule is CC(C)NC(=O)C(C)N(Cc1cccc(Cl)c1)C(=O)CSCc1cccc(Cl)c1. The number of hydrogen-bond acceptors (Lipinski definition) is 3. The molecule has 0 bridgehead atoms. The van der Waals surface area contributed by atoms with Gasteiger partial charge in [-0.1, -0.05) is 47.5 Å². The van der Waals surface area contributed by atoms with Crippen molar-refractivity contribution >= 4 is 46.8 Å². The van der Waals surface area contributed by atoms with Crippen LogP contribution in [0.25, 0.3) is 0 Å². The first-order valence-electron chi connectivity index (χ1n) is 9.42. The molecule has 0 aliphatic rings. The van der Waals surface area contributed by atoms with E-state index in [9.17, 15) is 9.59 Å². The Morgan fingerprint density at radius 3 is 2.17 bits per heavy atom. The maximum absolute atomic E-state index is 13.0. The van der Waals surface area contributed by atoms with E-state index in [0.29, 0.717) is 22.3 Å². The summed E-state index contributed by atoms with van der Waals surface area (Å²) in [7, 11) is 0. The molecule has 1 atom stereocenters. The number of rotatable bonds is 9. The molecule has 0 spiro atoms. The van der Waals surface area contributed by atoms with E-state index < -0.39 is 6.04 Å². The average molecular weight is 453 g/mol. The third kappa shape index (κ3) is 7.92. The van der Waals surface area contributed by atoms with Gasteiger partial charge in [0.25, 0.3) is 0 Å². The van der Waals surface area contributed by atoms with Gasteiger partial charge in [-0.05, 0) is 56.2 Å². The molecule has 0 aromatic heterocycles. The van der Waals surface area contributed by atoms with E-state index in [1.165, 1.54) is 11.8 Å². The molecular formula is C22H26Cl2N2O2S. The minimum Gasteiger partial charge on any atom is -0.352 e. The number of thioether (sulfide) groups is 1. The molecule has 0 saturated carbocycles. The molecule has 7 heteroatoms. The highest BCUT2D eigenvalue weighted by atomic mass is 35.5. The summed E-state index contributed by atoms with van der Waals surface area (Å²) in [5.74, 6) is 0.676. The van der Waals surface area contributed by atoms with E-state index >= 15 is 0 Å². The molecular weight excluding hydrogens is 427 g/mol. The van der Waals surface area contributed by atoms with Gasteiger partial charge in [-0.2, -0.15) is 0 Å². The summed E-state index contributed by atoms with van der Waals surface area (Å²) in [5.41, 5.74) is 1.94. The number of carbonyl (C=O) groups is 2. The van der Waals surface area contributed by atoms with Crippen LogP contribution in [0.2, 0.25) is 10.0 Å². The van der Waals surface area contributed by atoms with Crippen molar-refractivity contribution in [2.75, 3.05) is 5.75 Å². The van der Waals surface area contributed by atoms with Crippen molar-refractivity contribution in [2.24, 2.45) is 0 Å². The van der Waals surface area contributed by atoms with Gasteiger partial charge >= 0.3 is 0 Å². The van der Waals surface area contributed by atoms with Gasteiger partial charge in [-0.3, -0.25) is 9.59 Å². The highest BCUT2D eigenvalue weighted by Gasteiger charge is 2.26. The van der Waals surface area contributed by atoms with Crippen molar-refractivity contribution < 1.29 is 9.59 Å². The number of nitrogens with zero attached hydrogens (tertiary/aromatic N) is 1. The van der Waals surface area contributed by atoms with Crippen LogP contribution >= 0.6 is 35.0 Å². The molecule has 156 valence electrons. The molecule has 0 saturated heterocycles. The summed E-state index contributed by atoms with van der Waals surface area (Å²) >= 11 is 13.6. The van der Waals surface area contributed by atoms with Crippen molar-refractivity contribution in [3.63, 3.8) is 0 Å². The summed E-state index contributed by atoms with van der Waals surface area (Å²) in [6.45, 7) is 5.87. The lowest BCUT2D eigenvalue weighted by Gasteiger charge is -2.29. The first-order valence-corrected chi connectivity index (χ1v) is 11.3. The van der Waals surface area contributed by atoms with Gasteiger partial charge in [-0.15, -0.1) is 11.8 Å². The fourth-order valence-corrected chi connectivity index (χ4v) is 4.07. The molecule has 2 rings (SSSR count). The van der Waals surface area contributed by atoms with Gasteiger partial charge < -0.3 is 10.2 Å².